The highest BCUT2D eigenvalue weighted by Gasteiger charge is 2.33. The van der Waals surface area contributed by atoms with Crippen molar-refractivity contribution in [1.82, 2.24) is 4.90 Å². The Balaban J connectivity index is 2.36. The summed E-state index contributed by atoms with van der Waals surface area (Å²) in [6.45, 7) is 17.9. The van der Waals surface area contributed by atoms with Crippen LogP contribution in [0.1, 0.15) is 76.9 Å². The molecule has 1 heterocycles. The van der Waals surface area contributed by atoms with Gasteiger partial charge in [-0.25, -0.2) is 4.79 Å². The molecular weight excluding hydrogens is 590 g/mol. The standard InChI is InChI=1S/C37H42BF3NO4/c1-10-21(4)13-14-31(34(36(44)45)22(5)11-2)38-25(8)29-17-28(37(39,40)41)18-30-32(43)19-33(46-35(29)30)26-15-23(6)24(7)27(16-26)20-42(9)12-3/h13-20,25H,7,10-12H2,1-6,8-9H3,(H,44,45)/b21-13+,27-20-,31-14+,34-22+. The van der Waals surface area contributed by atoms with Crippen molar-refractivity contribution in [3.05, 3.63) is 102 Å². The van der Waals surface area contributed by atoms with Gasteiger partial charge in [0.25, 0.3) is 0 Å². The summed E-state index contributed by atoms with van der Waals surface area (Å²) in [4.78, 5) is 27.9. The van der Waals surface area contributed by atoms with E-state index >= 15 is 0 Å². The maximum absolute atomic E-state index is 14.1. The van der Waals surface area contributed by atoms with Crippen LogP contribution in [0.25, 0.3) is 35.1 Å². The van der Waals surface area contributed by atoms with Crippen molar-refractivity contribution in [3.8, 4) is 11.3 Å². The van der Waals surface area contributed by atoms with Gasteiger partial charge in [0.1, 0.15) is 11.3 Å². The smallest absolute Gasteiger partial charge is 0.416 e. The highest BCUT2D eigenvalue weighted by atomic mass is 19.4. The fourth-order valence-corrected chi connectivity index (χ4v) is 5.02. The molecule has 0 bridgehead atoms. The number of halogens is 3. The number of aliphatic carboxylic acids is 1. The SMILES string of the molecule is C=c1c(C)cc(-c2cc(=O)c3cc(C(F)(F)F)cc(C(C)[B]C(=C/C=C(\C)CC)/C(C(=O)O)=C(/C)CC)c3o2)c/c1=C/N(C)CC. The molecule has 1 unspecified atom stereocenters. The fraction of sp³-hybridized carbons (Fsp3) is 0.351. The minimum atomic E-state index is -4.73. The predicted molar refractivity (Wildman–Crippen MR) is 182 cm³/mol. The van der Waals surface area contributed by atoms with Gasteiger partial charge in [-0.05, 0) is 92.2 Å². The predicted octanol–water partition coefficient (Wildman–Crippen LogP) is 7.70. The van der Waals surface area contributed by atoms with Gasteiger partial charge in [-0.15, -0.1) is 0 Å². The number of carbonyl (C=O) groups is 1. The van der Waals surface area contributed by atoms with Gasteiger partial charge in [0.05, 0.1) is 16.5 Å². The van der Waals surface area contributed by atoms with Gasteiger partial charge in [0, 0.05) is 31.4 Å². The molecule has 0 saturated heterocycles. The first kappa shape index (κ1) is 36.2. The van der Waals surface area contributed by atoms with Crippen LogP contribution >= 0.6 is 0 Å². The molecule has 3 rings (SSSR count). The van der Waals surface area contributed by atoms with E-state index in [1.165, 1.54) is 6.07 Å². The van der Waals surface area contributed by atoms with E-state index in [1.807, 2.05) is 71.0 Å². The van der Waals surface area contributed by atoms with Gasteiger partial charge < -0.3 is 14.4 Å². The molecule has 9 heteroatoms. The lowest BCUT2D eigenvalue weighted by molar-refractivity contribution is -0.137. The topological polar surface area (TPSA) is 70.8 Å². The Morgan fingerprint density at radius 2 is 1.76 bits per heavy atom. The summed E-state index contributed by atoms with van der Waals surface area (Å²) < 4.78 is 48.7. The molecule has 1 aromatic heterocycles. The van der Waals surface area contributed by atoms with E-state index in [1.54, 1.807) is 27.2 Å². The monoisotopic (exact) mass is 632 g/mol. The third-order valence-electron chi connectivity index (χ3n) is 8.32. The van der Waals surface area contributed by atoms with E-state index in [-0.39, 0.29) is 27.9 Å². The summed E-state index contributed by atoms with van der Waals surface area (Å²) in [6, 6.07) is 6.68. The second kappa shape index (κ2) is 14.9. The quantitative estimate of drug-likeness (QED) is 0.133. The average molecular weight is 633 g/mol. The number of nitrogens with zero attached hydrogens (tertiary/aromatic N) is 1. The summed E-state index contributed by atoms with van der Waals surface area (Å²) in [6.07, 6.45) is 1.92. The third-order valence-corrected chi connectivity index (χ3v) is 8.32. The van der Waals surface area contributed by atoms with Crippen molar-refractivity contribution in [1.29, 1.82) is 0 Å². The lowest BCUT2D eigenvalue weighted by atomic mass is 9.54. The van der Waals surface area contributed by atoms with Gasteiger partial charge >= 0.3 is 12.1 Å². The molecule has 3 aromatic rings. The van der Waals surface area contributed by atoms with Crippen LogP contribution in [0.2, 0.25) is 0 Å². The Bertz CT molecular complexity index is 1900. The lowest BCUT2D eigenvalue weighted by Gasteiger charge is -2.19. The summed E-state index contributed by atoms with van der Waals surface area (Å²) in [5.41, 5.74) is 2.03. The summed E-state index contributed by atoms with van der Waals surface area (Å²) in [5.74, 6) is -1.70. The lowest BCUT2D eigenvalue weighted by Crippen LogP contribution is -2.29. The van der Waals surface area contributed by atoms with Crippen molar-refractivity contribution in [2.75, 3.05) is 13.6 Å². The number of carboxylic acid groups (broad SMARTS) is 1. The van der Waals surface area contributed by atoms with Crippen LogP contribution in [0.15, 0.2) is 73.9 Å². The van der Waals surface area contributed by atoms with Gasteiger partial charge in [-0.1, -0.05) is 56.1 Å². The normalized spacial score (nSPS) is 14.4. The van der Waals surface area contributed by atoms with Gasteiger partial charge in [0.2, 0.25) is 0 Å². The highest BCUT2D eigenvalue weighted by molar-refractivity contribution is 6.50. The first-order chi connectivity index (χ1) is 21.5. The number of benzene rings is 2. The first-order valence-electron chi connectivity index (χ1n) is 15.4. The van der Waals surface area contributed by atoms with Gasteiger partial charge in [0.15, 0.2) is 12.7 Å². The minimum Gasteiger partial charge on any atom is -0.478 e. The maximum atomic E-state index is 14.1. The minimum absolute atomic E-state index is 0.0134. The molecule has 46 heavy (non-hydrogen) atoms. The Morgan fingerprint density at radius 3 is 2.33 bits per heavy atom. The fourth-order valence-electron chi connectivity index (χ4n) is 5.02. The summed E-state index contributed by atoms with van der Waals surface area (Å²) >= 11 is 0. The number of alkyl halides is 3. The van der Waals surface area contributed by atoms with Crippen LogP contribution in [0.5, 0.6) is 0 Å². The van der Waals surface area contributed by atoms with E-state index in [9.17, 15) is 27.9 Å². The molecule has 0 fully saturated rings. The summed E-state index contributed by atoms with van der Waals surface area (Å²) in [7, 11) is 3.55. The van der Waals surface area contributed by atoms with Crippen LogP contribution in [0.3, 0.4) is 0 Å². The van der Waals surface area contributed by atoms with Gasteiger partial charge in [-0.3, -0.25) is 4.79 Å². The number of fused-ring (bicyclic) bond motifs is 1. The highest BCUT2D eigenvalue weighted by Crippen LogP contribution is 2.37. The molecule has 1 radical (unpaired) electrons. The molecule has 0 aliphatic rings. The van der Waals surface area contributed by atoms with Crippen molar-refractivity contribution in [3.63, 3.8) is 0 Å². The average Bonchev–Trinajstić information content (AvgIpc) is 3.00. The second-order valence-electron chi connectivity index (χ2n) is 11.7. The number of hydrogen-bond acceptors (Lipinski definition) is 4. The molecular formula is C37H42BF3NO4. The molecule has 0 aliphatic heterocycles. The molecule has 0 spiro atoms. The van der Waals surface area contributed by atoms with E-state index < -0.39 is 29.0 Å². The zero-order chi connectivity index (χ0) is 34.5. The molecule has 1 N–H and O–H groups in total. The third kappa shape index (κ3) is 8.30. The maximum Gasteiger partial charge on any atom is 0.416 e. The van der Waals surface area contributed by atoms with Gasteiger partial charge in [-0.2, -0.15) is 13.2 Å². The van der Waals surface area contributed by atoms with E-state index in [2.05, 4.69) is 6.58 Å². The van der Waals surface area contributed by atoms with Crippen LogP contribution in [-0.4, -0.2) is 36.8 Å². The summed E-state index contributed by atoms with van der Waals surface area (Å²) in [5, 5.41) is 11.6. The first-order valence-corrected chi connectivity index (χ1v) is 15.4. The zero-order valence-corrected chi connectivity index (χ0v) is 27.9. The largest absolute Gasteiger partial charge is 0.478 e. The van der Waals surface area contributed by atoms with Crippen LogP contribution in [-0.2, 0) is 11.0 Å². The second-order valence-corrected chi connectivity index (χ2v) is 11.7. The molecule has 0 amide bonds. The van der Waals surface area contributed by atoms with E-state index in [0.29, 0.717) is 23.0 Å². The van der Waals surface area contributed by atoms with Crippen LogP contribution < -0.4 is 15.9 Å². The van der Waals surface area contributed by atoms with Crippen LogP contribution in [0.4, 0.5) is 13.2 Å². The molecule has 0 aliphatic carbocycles. The number of hydrogen-bond donors (Lipinski definition) is 1. The van der Waals surface area contributed by atoms with Crippen LogP contribution in [0, 0.1) is 6.92 Å². The Morgan fingerprint density at radius 1 is 1.09 bits per heavy atom. The van der Waals surface area contributed by atoms with Crippen molar-refractivity contribution < 1.29 is 27.5 Å². The van der Waals surface area contributed by atoms with Crippen molar-refractivity contribution in [2.45, 2.75) is 73.3 Å². The number of carboxylic acids is 1. The molecule has 5 nitrogen and oxygen atoms in total. The van der Waals surface area contributed by atoms with Crippen molar-refractivity contribution in [2.24, 2.45) is 0 Å². The van der Waals surface area contributed by atoms with E-state index in [0.717, 1.165) is 46.7 Å². The number of rotatable bonds is 11. The number of allylic oxidation sites excluding steroid dienone is 4. The Kier molecular flexibility index (Phi) is 11.7. The Labute approximate surface area is 269 Å². The molecule has 243 valence electrons. The Hall–Kier alpha value is -4.27. The molecule has 2 aromatic carbocycles. The van der Waals surface area contributed by atoms with Crippen molar-refractivity contribution >= 4 is 37.0 Å². The van der Waals surface area contributed by atoms with E-state index in [4.69, 9.17) is 4.42 Å². The zero-order valence-electron chi connectivity index (χ0n) is 27.9. The number of aryl methyl sites for hydroxylation is 1. The molecule has 1 atom stereocenters. The molecule has 0 saturated carbocycles.